The van der Waals surface area contributed by atoms with Crippen LogP contribution in [0.3, 0.4) is 0 Å². The highest BCUT2D eigenvalue weighted by Crippen LogP contribution is 2.27. The lowest BCUT2D eigenvalue weighted by Gasteiger charge is -2.28. The number of amides is 1. The molecular formula is C12H15F2N3O2. The molecule has 5 nitrogen and oxygen atoms in total. The molecular weight excluding hydrogens is 256 g/mol. The van der Waals surface area contributed by atoms with E-state index in [9.17, 15) is 13.6 Å². The minimum Gasteiger partial charge on any atom is -0.495 e. The SMILES string of the molecule is COc1cncc(NC(=O)C2CNCC(F)(F)C2)c1. The summed E-state index contributed by atoms with van der Waals surface area (Å²) < 4.78 is 31.4. The van der Waals surface area contributed by atoms with Crippen molar-refractivity contribution < 1.29 is 18.3 Å². The van der Waals surface area contributed by atoms with E-state index in [4.69, 9.17) is 4.74 Å². The zero-order valence-electron chi connectivity index (χ0n) is 10.5. The van der Waals surface area contributed by atoms with Crippen molar-refractivity contribution in [2.75, 3.05) is 25.5 Å². The van der Waals surface area contributed by atoms with Gasteiger partial charge < -0.3 is 15.4 Å². The fourth-order valence-corrected chi connectivity index (χ4v) is 1.96. The van der Waals surface area contributed by atoms with Gasteiger partial charge in [-0.2, -0.15) is 0 Å². The first-order valence-corrected chi connectivity index (χ1v) is 5.88. The molecule has 1 aromatic rings. The topological polar surface area (TPSA) is 63.2 Å². The molecule has 1 aromatic heterocycles. The fraction of sp³-hybridized carbons (Fsp3) is 0.500. The molecule has 1 aliphatic rings. The Morgan fingerprint density at radius 3 is 3.05 bits per heavy atom. The van der Waals surface area contributed by atoms with Gasteiger partial charge in [0.15, 0.2) is 0 Å². The van der Waals surface area contributed by atoms with Crippen LogP contribution < -0.4 is 15.4 Å². The van der Waals surface area contributed by atoms with E-state index < -0.39 is 24.2 Å². The molecule has 0 aromatic carbocycles. The van der Waals surface area contributed by atoms with Crippen LogP contribution in [0.4, 0.5) is 14.5 Å². The Bertz CT molecular complexity index is 468. The van der Waals surface area contributed by atoms with Crippen molar-refractivity contribution >= 4 is 11.6 Å². The lowest BCUT2D eigenvalue weighted by Crippen LogP contribution is -2.47. The number of anilines is 1. The molecule has 0 radical (unpaired) electrons. The van der Waals surface area contributed by atoms with E-state index in [1.165, 1.54) is 19.5 Å². The first-order valence-electron chi connectivity index (χ1n) is 5.88. The summed E-state index contributed by atoms with van der Waals surface area (Å²) in [6.45, 7) is -0.129. The number of methoxy groups -OCH3 is 1. The van der Waals surface area contributed by atoms with Crippen LogP contribution in [-0.4, -0.2) is 37.0 Å². The summed E-state index contributed by atoms with van der Waals surface area (Å²) in [5.74, 6) is -3.55. The average molecular weight is 271 g/mol. The van der Waals surface area contributed by atoms with Crippen LogP contribution in [-0.2, 0) is 4.79 Å². The Kier molecular flexibility index (Phi) is 3.94. The number of hydrogen-bond acceptors (Lipinski definition) is 4. The molecule has 1 aliphatic heterocycles. The first kappa shape index (κ1) is 13.7. The summed E-state index contributed by atoms with van der Waals surface area (Å²) in [5, 5.41) is 5.13. The lowest BCUT2D eigenvalue weighted by molar-refractivity contribution is -0.125. The van der Waals surface area contributed by atoms with Crippen LogP contribution in [0.25, 0.3) is 0 Å². The smallest absolute Gasteiger partial charge is 0.261 e. The standard InChI is InChI=1S/C12H15F2N3O2/c1-19-10-2-9(5-15-6-10)17-11(18)8-3-12(13,14)7-16-4-8/h2,5-6,8,16H,3-4,7H2,1H3,(H,17,18). The predicted molar refractivity (Wildman–Crippen MR) is 65.3 cm³/mol. The highest BCUT2D eigenvalue weighted by Gasteiger charge is 2.39. The van der Waals surface area contributed by atoms with Crippen LogP contribution in [0.15, 0.2) is 18.5 Å². The van der Waals surface area contributed by atoms with Crippen molar-refractivity contribution in [2.45, 2.75) is 12.3 Å². The summed E-state index contributed by atoms with van der Waals surface area (Å²) in [6, 6.07) is 1.58. The van der Waals surface area contributed by atoms with Gasteiger partial charge in [-0.25, -0.2) is 8.78 Å². The maximum Gasteiger partial charge on any atom is 0.261 e. The van der Waals surface area contributed by atoms with Gasteiger partial charge in [0, 0.05) is 19.0 Å². The van der Waals surface area contributed by atoms with Gasteiger partial charge in [0.2, 0.25) is 5.91 Å². The number of rotatable bonds is 3. The van der Waals surface area contributed by atoms with Crippen LogP contribution >= 0.6 is 0 Å². The maximum absolute atomic E-state index is 13.2. The van der Waals surface area contributed by atoms with Crippen LogP contribution in [0.5, 0.6) is 5.75 Å². The second-order valence-corrected chi connectivity index (χ2v) is 4.49. The fourth-order valence-electron chi connectivity index (χ4n) is 1.96. The van der Waals surface area contributed by atoms with Gasteiger partial charge in [0.25, 0.3) is 5.92 Å². The molecule has 1 unspecified atom stereocenters. The Morgan fingerprint density at radius 1 is 1.58 bits per heavy atom. The number of alkyl halides is 2. The van der Waals surface area contributed by atoms with Gasteiger partial charge in [0.05, 0.1) is 37.7 Å². The summed E-state index contributed by atoms with van der Waals surface area (Å²) in [5.41, 5.74) is 0.429. The molecule has 0 spiro atoms. The molecule has 0 aliphatic carbocycles. The molecule has 1 amide bonds. The summed E-state index contributed by atoms with van der Waals surface area (Å²) >= 11 is 0. The van der Waals surface area contributed by atoms with E-state index in [1.54, 1.807) is 6.07 Å². The van der Waals surface area contributed by atoms with Crippen molar-refractivity contribution in [3.05, 3.63) is 18.5 Å². The monoisotopic (exact) mass is 271 g/mol. The summed E-state index contributed by atoms with van der Waals surface area (Å²) in [7, 11) is 1.48. The van der Waals surface area contributed by atoms with Gasteiger partial charge in [-0.15, -0.1) is 0 Å². The summed E-state index contributed by atoms with van der Waals surface area (Å²) in [4.78, 5) is 15.8. The van der Waals surface area contributed by atoms with E-state index in [2.05, 4.69) is 15.6 Å². The van der Waals surface area contributed by atoms with Gasteiger partial charge in [0.1, 0.15) is 5.75 Å². The molecule has 2 heterocycles. The minimum atomic E-state index is -2.84. The van der Waals surface area contributed by atoms with Gasteiger partial charge in [-0.1, -0.05) is 0 Å². The van der Waals surface area contributed by atoms with E-state index in [0.29, 0.717) is 11.4 Å². The number of carbonyl (C=O) groups is 1. The largest absolute Gasteiger partial charge is 0.495 e. The molecule has 1 atom stereocenters. The third-order valence-electron chi connectivity index (χ3n) is 2.91. The van der Waals surface area contributed by atoms with Gasteiger partial charge in [-0.3, -0.25) is 9.78 Å². The predicted octanol–water partition coefficient (Wildman–Crippen LogP) is 1.27. The zero-order valence-corrected chi connectivity index (χ0v) is 10.5. The first-order chi connectivity index (χ1) is 9.00. The van der Waals surface area contributed by atoms with Gasteiger partial charge in [-0.05, 0) is 0 Å². The number of nitrogens with zero attached hydrogens (tertiary/aromatic N) is 1. The molecule has 0 bridgehead atoms. The maximum atomic E-state index is 13.2. The van der Waals surface area contributed by atoms with Crippen molar-refractivity contribution in [2.24, 2.45) is 5.92 Å². The van der Waals surface area contributed by atoms with Crippen molar-refractivity contribution in [3.8, 4) is 5.75 Å². The van der Waals surface area contributed by atoms with Crippen LogP contribution in [0.2, 0.25) is 0 Å². The second-order valence-electron chi connectivity index (χ2n) is 4.49. The number of piperidine rings is 1. The highest BCUT2D eigenvalue weighted by atomic mass is 19.3. The summed E-state index contributed by atoms with van der Waals surface area (Å²) in [6.07, 6.45) is 2.49. The van der Waals surface area contributed by atoms with E-state index in [1.807, 2.05) is 0 Å². The number of carbonyl (C=O) groups excluding carboxylic acids is 1. The van der Waals surface area contributed by atoms with Crippen molar-refractivity contribution in [1.82, 2.24) is 10.3 Å². The highest BCUT2D eigenvalue weighted by molar-refractivity contribution is 5.92. The quantitative estimate of drug-likeness (QED) is 0.869. The van der Waals surface area contributed by atoms with Crippen molar-refractivity contribution in [1.29, 1.82) is 0 Å². The zero-order chi connectivity index (χ0) is 13.9. The molecule has 7 heteroatoms. The van der Waals surface area contributed by atoms with Crippen LogP contribution in [0.1, 0.15) is 6.42 Å². The molecule has 2 rings (SSSR count). The Labute approximate surface area is 109 Å². The third kappa shape index (κ3) is 3.60. The molecule has 19 heavy (non-hydrogen) atoms. The number of ether oxygens (including phenoxy) is 1. The van der Waals surface area contributed by atoms with Gasteiger partial charge >= 0.3 is 0 Å². The number of nitrogens with one attached hydrogen (secondary N) is 2. The minimum absolute atomic E-state index is 0.249. The third-order valence-corrected chi connectivity index (χ3v) is 2.91. The lowest BCUT2D eigenvalue weighted by atomic mass is 9.96. The average Bonchev–Trinajstić information content (AvgIpc) is 2.37. The molecule has 1 fully saturated rings. The molecule has 1 saturated heterocycles. The number of aromatic nitrogens is 1. The van der Waals surface area contributed by atoms with E-state index in [0.717, 1.165) is 0 Å². The molecule has 2 N–H and O–H groups in total. The number of pyridine rings is 1. The number of hydrogen-bond donors (Lipinski definition) is 2. The Morgan fingerprint density at radius 2 is 2.37 bits per heavy atom. The second kappa shape index (κ2) is 5.48. The Hall–Kier alpha value is -1.76. The number of halogens is 2. The molecule has 0 saturated carbocycles. The van der Waals surface area contributed by atoms with E-state index in [-0.39, 0.29) is 13.1 Å². The Balaban J connectivity index is 2.00. The van der Waals surface area contributed by atoms with Crippen molar-refractivity contribution in [3.63, 3.8) is 0 Å². The van der Waals surface area contributed by atoms with E-state index >= 15 is 0 Å². The molecule has 104 valence electrons. The van der Waals surface area contributed by atoms with Crippen LogP contribution in [0, 0.1) is 5.92 Å². The normalized spacial score (nSPS) is 21.7.